The number of carboxylic acid groups (broad SMARTS) is 1. The van der Waals surface area contributed by atoms with Gasteiger partial charge in [-0.1, -0.05) is 13.8 Å². The molecular formula is C10H16N4O2. The second-order valence-electron chi connectivity index (χ2n) is 3.96. The van der Waals surface area contributed by atoms with E-state index in [-0.39, 0.29) is 11.6 Å². The largest absolute Gasteiger partial charge is 0.476 e. The summed E-state index contributed by atoms with van der Waals surface area (Å²) in [5.41, 5.74) is 3.23. The van der Waals surface area contributed by atoms with E-state index in [2.05, 4.69) is 15.4 Å². The maximum absolute atomic E-state index is 11.0. The first kappa shape index (κ1) is 12.4. The van der Waals surface area contributed by atoms with E-state index in [4.69, 9.17) is 5.11 Å². The van der Waals surface area contributed by atoms with Crippen molar-refractivity contribution < 1.29 is 9.90 Å². The van der Waals surface area contributed by atoms with Gasteiger partial charge in [0.05, 0.1) is 6.20 Å². The number of hydrogen-bond acceptors (Lipinski definition) is 5. The predicted molar refractivity (Wildman–Crippen MR) is 60.4 cm³/mol. The number of anilines is 1. The predicted octanol–water partition coefficient (Wildman–Crippen LogP) is 1.19. The Hall–Kier alpha value is -1.69. The second kappa shape index (κ2) is 4.89. The SMILES string of the molecule is CC(C)c1ncc(NN(C)C)c(C(=O)O)n1. The van der Waals surface area contributed by atoms with Crippen molar-refractivity contribution in [1.82, 2.24) is 15.0 Å². The van der Waals surface area contributed by atoms with Crippen LogP contribution in [0.2, 0.25) is 0 Å². The minimum atomic E-state index is -1.06. The van der Waals surface area contributed by atoms with E-state index in [1.54, 1.807) is 19.1 Å². The third-order valence-corrected chi connectivity index (χ3v) is 1.87. The van der Waals surface area contributed by atoms with Crippen LogP contribution in [-0.4, -0.2) is 40.1 Å². The highest BCUT2D eigenvalue weighted by Gasteiger charge is 2.15. The molecule has 0 unspecified atom stereocenters. The zero-order valence-corrected chi connectivity index (χ0v) is 9.85. The van der Waals surface area contributed by atoms with Crippen molar-refractivity contribution in [2.45, 2.75) is 19.8 Å². The first-order valence-corrected chi connectivity index (χ1v) is 4.96. The van der Waals surface area contributed by atoms with Gasteiger partial charge in [-0.25, -0.2) is 19.8 Å². The Kier molecular flexibility index (Phi) is 3.78. The van der Waals surface area contributed by atoms with Crippen LogP contribution in [0.15, 0.2) is 6.20 Å². The summed E-state index contributed by atoms with van der Waals surface area (Å²) >= 11 is 0. The number of hydrogen-bond donors (Lipinski definition) is 2. The van der Waals surface area contributed by atoms with Gasteiger partial charge in [-0.05, 0) is 0 Å². The lowest BCUT2D eigenvalue weighted by molar-refractivity contribution is 0.0690. The molecule has 88 valence electrons. The van der Waals surface area contributed by atoms with E-state index >= 15 is 0 Å². The van der Waals surface area contributed by atoms with Crippen molar-refractivity contribution in [3.8, 4) is 0 Å². The van der Waals surface area contributed by atoms with Gasteiger partial charge in [-0.2, -0.15) is 0 Å². The average molecular weight is 224 g/mol. The molecule has 0 aromatic carbocycles. The van der Waals surface area contributed by atoms with Crippen LogP contribution < -0.4 is 5.43 Å². The fraction of sp³-hybridized carbons (Fsp3) is 0.500. The normalized spacial score (nSPS) is 10.9. The molecule has 6 heteroatoms. The van der Waals surface area contributed by atoms with Crippen molar-refractivity contribution >= 4 is 11.7 Å². The number of nitrogens with one attached hydrogen (secondary N) is 1. The number of hydrazine groups is 1. The van der Waals surface area contributed by atoms with Crippen LogP contribution in [0, 0.1) is 0 Å². The lowest BCUT2D eigenvalue weighted by Gasteiger charge is -2.15. The maximum Gasteiger partial charge on any atom is 0.356 e. The zero-order valence-electron chi connectivity index (χ0n) is 9.85. The molecule has 0 fully saturated rings. The second-order valence-corrected chi connectivity index (χ2v) is 3.96. The molecule has 0 saturated carbocycles. The Balaban J connectivity index is 3.14. The van der Waals surface area contributed by atoms with Crippen molar-refractivity contribution in [2.75, 3.05) is 19.5 Å². The van der Waals surface area contributed by atoms with Gasteiger partial charge >= 0.3 is 5.97 Å². The summed E-state index contributed by atoms with van der Waals surface area (Å²) in [6.07, 6.45) is 1.49. The summed E-state index contributed by atoms with van der Waals surface area (Å²) in [7, 11) is 3.53. The molecule has 0 aliphatic carbocycles. The minimum absolute atomic E-state index is 0.00704. The van der Waals surface area contributed by atoms with Crippen LogP contribution in [0.25, 0.3) is 0 Å². The van der Waals surface area contributed by atoms with Crippen LogP contribution >= 0.6 is 0 Å². The van der Waals surface area contributed by atoms with Gasteiger partial charge in [0.2, 0.25) is 0 Å². The summed E-state index contributed by atoms with van der Waals surface area (Å²) < 4.78 is 0. The number of aromatic nitrogens is 2. The molecule has 6 nitrogen and oxygen atoms in total. The molecule has 0 aliphatic heterocycles. The van der Waals surface area contributed by atoms with Crippen LogP contribution in [0.3, 0.4) is 0 Å². The average Bonchev–Trinajstić information content (AvgIpc) is 2.16. The van der Waals surface area contributed by atoms with E-state index in [1.807, 2.05) is 13.8 Å². The minimum Gasteiger partial charge on any atom is -0.476 e. The molecular weight excluding hydrogens is 208 g/mol. The van der Waals surface area contributed by atoms with Crippen molar-refractivity contribution in [3.05, 3.63) is 17.7 Å². The molecule has 1 heterocycles. The summed E-state index contributed by atoms with van der Waals surface area (Å²) in [6.45, 7) is 3.83. The number of carboxylic acids is 1. The third kappa shape index (κ3) is 2.90. The fourth-order valence-electron chi connectivity index (χ4n) is 1.16. The zero-order chi connectivity index (χ0) is 12.3. The Bertz CT molecular complexity index is 390. The molecule has 0 bridgehead atoms. The van der Waals surface area contributed by atoms with Gasteiger partial charge in [0, 0.05) is 20.0 Å². The van der Waals surface area contributed by atoms with E-state index in [9.17, 15) is 4.79 Å². The molecule has 0 aliphatic rings. The Morgan fingerprint density at radius 1 is 1.50 bits per heavy atom. The maximum atomic E-state index is 11.0. The quantitative estimate of drug-likeness (QED) is 0.748. The highest BCUT2D eigenvalue weighted by molar-refractivity contribution is 5.91. The van der Waals surface area contributed by atoms with Crippen LogP contribution in [0.5, 0.6) is 0 Å². The Morgan fingerprint density at radius 2 is 2.12 bits per heavy atom. The van der Waals surface area contributed by atoms with Crippen LogP contribution in [-0.2, 0) is 0 Å². The highest BCUT2D eigenvalue weighted by atomic mass is 16.4. The summed E-state index contributed by atoms with van der Waals surface area (Å²) in [5.74, 6) is -0.429. The summed E-state index contributed by atoms with van der Waals surface area (Å²) in [6, 6.07) is 0. The van der Waals surface area contributed by atoms with Gasteiger partial charge in [-0.3, -0.25) is 0 Å². The molecule has 0 radical (unpaired) electrons. The Labute approximate surface area is 94.3 Å². The standard InChI is InChI=1S/C10H16N4O2/c1-6(2)9-11-5-7(13-14(3)4)8(12-9)10(15)16/h5-6,13H,1-4H3,(H,15,16). The highest BCUT2D eigenvalue weighted by Crippen LogP contribution is 2.16. The van der Waals surface area contributed by atoms with Crippen LogP contribution in [0.1, 0.15) is 36.1 Å². The molecule has 0 atom stereocenters. The topological polar surface area (TPSA) is 78.4 Å². The van der Waals surface area contributed by atoms with E-state index in [1.165, 1.54) is 6.20 Å². The number of nitrogens with zero attached hydrogens (tertiary/aromatic N) is 3. The number of carbonyl (C=O) groups is 1. The molecule has 1 aromatic heterocycles. The van der Waals surface area contributed by atoms with E-state index in [0.717, 1.165) is 0 Å². The molecule has 0 saturated heterocycles. The lowest BCUT2D eigenvalue weighted by atomic mass is 10.2. The molecule has 16 heavy (non-hydrogen) atoms. The number of rotatable bonds is 4. The van der Waals surface area contributed by atoms with E-state index < -0.39 is 5.97 Å². The molecule has 2 N–H and O–H groups in total. The van der Waals surface area contributed by atoms with Gasteiger partial charge in [-0.15, -0.1) is 0 Å². The lowest BCUT2D eigenvalue weighted by Crippen LogP contribution is -2.22. The molecule has 0 spiro atoms. The monoisotopic (exact) mass is 224 g/mol. The van der Waals surface area contributed by atoms with Gasteiger partial charge in [0.1, 0.15) is 11.5 Å². The summed E-state index contributed by atoms with van der Waals surface area (Å²) in [5, 5.41) is 10.7. The van der Waals surface area contributed by atoms with Gasteiger partial charge < -0.3 is 10.5 Å². The van der Waals surface area contributed by atoms with Crippen molar-refractivity contribution in [2.24, 2.45) is 0 Å². The van der Waals surface area contributed by atoms with E-state index in [0.29, 0.717) is 11.5 Å². The van der Waals surface area contributed by atoms with Crippen molar-refractivity contribution in [1.29, 1.82) is 0 Å². The Morgan fingerprint density at radius 3 is 2.56 bits per heavy atom. The first-order valence-electron chi connectivity index (χ1n) is 4.96. The smallest absolute Gasteiger partial charge is 0.356 e. The van der Waals surface area contributed by atoms with Gasteiger partial charge in [0.15, 0.2) is 5.69 Å². The number of aromatic carboxylic acids is 1. The first-order chi connectivity index (χ1) is 7.41. The van der Waals surface area contributed by atoms with Crippen LogP contribution in [0.4, 0.5) is 5.69 Å². The third-order valence-electron chi connectivity index (χ3n) is 1.87. The fourth-order valence-corrected chi connectivity index (χ4v) is 1.16. The summed E-state index contributed by atoms with van der Waals surface area (Å²) in [4.78, 5) is 19.2. The molecule has 1 aromatic rings. The molecule has 1 rings (SSSR count). The molecule has 0 amide bonds. The van der Waals surface area contributed by atoms with Gasteiger partial charge in [0.25, 0.3) is 0 Å². The van der Waals surface area contributed by atoms with Crippen molar-refractivity contribution in [3.63, 3.8) is 0 Å².